The molecule has 5 rings (SSSR count). The summed E-state index contributed by atoms with van der Waals surface area (Å²) < 4.78 is 6.92. The summed E-state index contributed by atoms with van der Waals surface area (Å²) in [4.78, 5) is 45.1. The molecule has 1 fully saturated rings. The van der Waals surface area contributed by atoms with Crippen molar-refractivity contribution in [2.24, 2.45) is 0 Å². The number of benzene rings is 3. The monoisotopic (exact) mass is 585 g/mol. The number of carbonyl (C=O) groups excluding carboxylic acids is 3. The highest BCUT2D eigenvalue weighted by Gasteiger charge is 2.23. The van der Waals surface area contributed by atoms with Crippen LogP contribution in [-0.2, 0) is 4.74 Å². The number of rotatable bonds is 7. The van der Waals surface area contributed by atoms with E-state index >= 15 is 0 Å². The Kier molecular flexibility index (Phi) is 8.30. The topological polar surface area (TPSA) is 88.6 Å². The van der Waals surface area contributed by atoms with E-state index in [1.165, 1.54) is 23.1 Å². The van der Waals surface area contributed by atoms with Crippen LogP contribution in [0.4, 0.5) is 5.69 Å². The lowest BCUT2D eigenvalue weighted by Crippen LogP contribution is -2.41. The van der Waals surface area contributed by atoms with Crippen molar-refractivity contribution in [2.45, 2.75) is 4.34 Å². The van der Waals surface area contributed by atoms with Gasteiger partial charge in [-0.3, -0.25) is 14.4 Å². The third kappa shape index (κ3) is 6.03. The first-order chi connectivity index (χ1) is 18.4. The number of hydrogen-bond acceptors (Lipinski definition) is 7. The zero-order valence-corrected chi connectivity index (χ0v) is 23.1. The summed E-state index contributed by atoms with van der Waals surface area (Å²) in [6, 6.07) is 17.0. The van der Waals surface area contributed by atoms with Gasteiger partial charge in [-0.1, -0.05) is 47.1 Å². The molecular formula is C27H21Cl2N3O4S2. The average Bonchev–Trinajstić information content (AvgIpc) is 3.34. The SMILES string of the molecule is O=C(CSc1nc2ccc(NC(=O)c3ccccc3C(=O)N3CCOCC3)cc2s1)c1ccc(Cl)cc1Cl. The number of nitrogens with zero attached hydrogens (tertiary/aromatic N) is 2. The summed E-state index contributed by atoms with van der Waals surface area (Å²) in [5.41, 5.74) is 2.43. The summed E-state index contributed by atoms with van der Waals surface area (Å²) in [7, 11) is 0. The normalized spacial score (nSPS) is 13.5. The van der Waals surface area contributed by atoms with Gasteiger partial charge in [0.2, 0.25) is 0 Å². The molecule has 0 spiro atoms. The zero-order valence-electron chi connectivity index (χ0n) is 19.9. The number of morpholine rings is 1. The first kappa shape index (κ1) is 26.6. The van der Waals surface area contributed by atoms with Crippen LogP contribution in [0.5, 0.6) is 0 Å². The standard InChI is InChI=1S/C27H21Cl2N3O4S2/c28-16-5-7-20(21(29)13-16)23(33)15-37-27-31-22-8-6-17(14-24(22)38-27)30-25(34)18-3-1-2-4-19(18)26(35)32-9-11-36-12-10-32/h1-8,13-14H,9-12,15H2,(H,30,34). The molecule has 38 heavy (non-hydrogen) atoms. The van der Waals surface area contributed by atoms with Crippen molar-refractivity contribution < 1.29 is 19.1 Å². The number of aromatic nitrogens is 1. The second-order valence-corrected chi connectivity index (χ2v) is 11.5. The van der Waals surface area contributed by atoms with E-state index in [1.807, 2.05) is 12.1 Å². The van der Waals surface area contributed by atoms with Crippen molar-refractivity contribution in [2.75, 3.05) is 37.4 Å². The van der Waals surface area contributed by atoms with Crippen LogP contribution in [-0.4, -0.2) is 59.5 Å². The number of thiazole rings is 1. The lowest BCUT2D eigenvalue weighted by atomic mass is 10.0. The van der Waals surface area contributed by atoms with E-state index in [9.17, 15) is 14.4 Å². The quantitative estimate of drug-likeness (QED) is 0.202. The fraction of sp³-hybridized carbons (Fsp3) is 0.185. The summed E-state index contributed by atoms with van der Waals surface area (Å²) in [6.45, 7) is 1.96. The number of anilines is 1. The van der Waals surface area contributed by atoms with Crippen LogP contribution in [0.25, 0.3) is 10.2 Å². The lowest BCUT2D eigenvalue weighted by Gasteiger charge is -2.27. The molecule has 3 aromatic carbocycles. The van der Waals surface area contributed by atoms with E-state index in [1.54, 1.807) is 53.4 Å². The number of carbonyl (C=O) groups is 3. The molecule has 1 N–H and O–H groups in total. The van der Waals surface area contributed by atoms with Crippen LogP contribution >= 0.6 is 46.3 Å². The van der Waals surface area contributed by atoms with Gasteiger partial charge in [-0.25, -0.2) is 4.98 Å². The van der Waals surface area contributed by atoms with Gasteiger partial charge in [0.15, 0.2) is 10.1 Å². The van der Waals surface area contributed by atoms with Gasteiger partial charge in [0.25, 0.3) is 11.8 Å². The second kappa shape index (κ2) is 11.8. The highest BCUT2D eigenvalue weighted by atomic mass is 35.5. The van der Waals surface area contributed by atoms with Gasteiger partial charge >= 0.3 is 0 Å². The molecule has 0 aliphatic carbocycles. The molecule has 1 aliphatic rings. The number of ketones is 1. The molecule has 1 aromatic heterocycles. The Labute approximate surface area is 237 Å². The van der Waals surface area contributed by atoms with E-state index < -0.39 is 0 Å². The highest BCUT2D eigenvalue weighted by Crippen LogP contribution is 2.32. The molecule has 2 heterocycles. The Balaban J connectivity index is 1.27. The molecule has 0 atom stereocenters. The lowest BCUT2D eigenvalue weighted by molar-refractivity contribution is 0.0302. The van der Waals surface area contributed by atoms with Crippen LogP contribution < -0.4 is 5.32 Å². The Morgan fingerprint density at radius 2 is 1.74 bits per heavy atom. The molecule has 1 saturated heterocycles. The maximum atomic E-state index is 13.1. The molecule has 0 bridgehead atoms. The van der Waals surface area contributed by atoms with Gasteiger partial charge in [0, 0.05) is 29.4 Å². The third-order valence-corrected chi connectivity index (χ3v) is 8.59. The van der Waals surface area contributed by atoms with Gasteiger partial charge in [-0.2, -0.15) is 0 Å². The number of halogens is 2. The predicted octanol–water partition coefficient (Wildman–Crippen LogP) is 6.30. The van der Waals surface area contributed by atoms with Crippen molar-refractivity contribution in [1.82, 2.24) is 9.88 Å². The van der Waals surface area contributed by atoms with Crippen molar-refractivity contribution in [3.05, 3.63) is 87.4 Å². The number of ether oxygens (including phenoxy) is 1. The largest absolute Gasteiger partial charge is 0.378 e. The molecule has 11 heteroatoms. The molecule has 7 nitrogen and oxygen atoms in total. The fourth-order valence-electron chi connectivity index (χ4n) is 3.97. The summed E-state index contributed by atoms with van der Waals surface area (Å²) in [6.07, 6.45) is 0. The van der Waals surface area contributed by atoms with Crippen LogP contribution in [0.1, 0.15) is 31.1 Å². The van der Waals surface area contributed by atoms with Gasteiger partial charge in [-0.05, 0) is 48.5 Å². The van der Waals surface area contributed by atoms with Crippen LogP contribution in [0.2, 0.25) is 10.0 Å². The smallest absolute Gasteiger partial charge is 0.256 e. The molecule has 1 aliphatic heterocycles. The van der Waals surface area contributed by atoms with Crippen LogP contribution in [0.3, 0.4) is 0 Å². The molecule has 4 aromatic rings. The second-order valence-electron chi connectivity index (χ2n) is 8.40. The number of thioether (sulfide) groups is 1. The highest BCUT2D eigenvalue weighted by molar-refractivity contribution is 8.01. The number of Topliss-reactive ketones (excluding diaryl/α,β-unsaturated/α-hetero) is 1. The van der Waals surface area contributed by atoms with Gasteiger partial charge in [0.05, 0.1) is 45.3 Å². The number of nitrogens with one attached hydrogen (secondary N) is 1. The van der Waals surface area contributed by atoms with Gasteiger partial charge in [-0.15, -0.1) is 11.3 Å². The van der Waals surface area contributed by atoms with E-state index in [0.29, 0.717) is 58.7 Å². The summed E-state index contributed by atoms with van der Waals surface area (Å²) in [5, 5.41) is 3.69. The van der Waals surface area contributed by atoms with Crippen molar-refractivity contribution in [3.63, 3.8) is 0 Å². The summed E-state index contributed by atoms with van der Waals surface area (Å²) >= 11 is 14.8. The minimum absolute atomic E-state index is 0.117. The van der Waals surface area contributed by atoms with E-state index in [-0.39, 0.29) is 23.4 Å². The van der Waals surface area contributed by atoms with Crippen LogP contribution in [0.15, 0.2) is 65.0 Å². The number of amides is 2. The molecule has 0 unspecified atom stereocenters. The number of fused-ring (bicyclic) bond motifs is 1. The van der Waals surface area contributed by atoms with E-state index in [4.69, 9.17) is 27.9 Å². The molecular weight excluding hydrogens is 565 g/mol. The Bertz CT molecular complexity index is 1540. The predicted molar refractivity (Wildman–Crippen MR) is 152 cm³/mol. The van der Waals surface area contributed by atoms with Gasteiger partial charge in [0.1, 0.15) is 0 Å². The third-order valence-electron chi connectivity index (χ3n) is 5.89. The van der Waals surface area contributed by atoms with E-state index in [2.05, 4.69) is 10.3 Å². The van der Waals surface area contributed by atoms with Crippen LogP contribution in [0, 0.1) is 0 Å². The average molecular weight is 587 g/mol. The first-order valence-electron chi connectivity index (χ1n) is 11.7. The zero-order chi connectivity index (χ0) is 26.6. The fourth-order valence-corrected chi connectivity index (χ4v) is 6.47. The summed E-state index contributed by atoms with van der Waals surface area (Å²) in [5.74, 6) is -0.494. The Morgan fingerprint density at radius 1 is 0.974 bits per heavy atom. The Morgan fingerprint density at radius 3 is 2.50 bits per heavy atom. The maximum absolute atomic E-state index is 13.1. The molecule has 0 radical (unpaired) electrons. The van der Waals surface area contributed by atoms with Gasteiger partial charge < -0.3 is 15.0 Å². The molecule has 194 valence electrons. The number of hydrogen-bond donors (Lipinski definition) is 1. The minimum atomic E-state index is -0.369. The molecule has 0 saturated carbocycles. The van der Waals surface area contributed by atoms with Crippen molar-refractivity contribution >= 4 is 79.8 Å². The van der Waals surface area contributed by atoms with Crippen molar-refractivity contribution in [1.29, 1.82) is 0 Å². The van der Waals surface area contributed by atoms with Crippen molar-refractivity contribution in [3.8, 4) is 0 Å². The maximum Gasteiger partial charge on any atom is 0.256 e. The molecule has 2 amide bonds. The van der Waals surface area contributed by atoms with E-state index in [0.717, 1.165) is 14.6 Å². The minimum Gasteiger partial charge on any atom is -0.378 e. The first-order valence-corrected chi connectivity index (χ1v) is 14.2. The Hall–Kier alpha value is -2.95.